The van der Waals surface area contributed by atoms with Crippen LogP contribution < -0.4 is 15.6 Å². The van der Waals surface area contributed by atoms with E-state index in [-0.39, 0.29) is 5.91 Å². The number of fused-ring (bicyclic) bond motifs is 1. The van der Waals surface area contributed by atoms with Gasteiger partial charge in [0.05, 0.1) is 6.61 Å². The lowest BCUT2D eigenvalue weighted by atomic mass is 10.0. The van der Waals surface area contributed by atoms with Crippen molar-refractivity contribution in [2.75, 3.05) is 13.2 Å². The quantitative estimate of drug-likeness (QED) is 0.853. The van der Waals surface area contributed by atoms with Gasteiger partial charge in [-0.15, -0.1) is 0 Å². The maximum atomic E-state index is 11.7. The molecule has 2 aromatic rings. The fourth-order valence-electron chi connectivity index (χ4n) is 2.49. The van der Waals surface area contributed by atoms with Gasteiger partial charge >= 0.3 is 0 Å². The maximum Gasteiger partial charge on any atom is 0.262 e. The summed E-state index contributed by atoms with van der Waals surface area (Å²) in [7, 11) is 0. The minimum absolute atomic E-state index is 0.0655. The molecule has 4 nitrogen and oxygen atoms in total. The van der Waals surface area contributed by atoms with Gasteiger partial charge in [-0.2, -0.15) is 0 Å². The van der Waals surface area contributed by atoms with Crippen molar-refractivity contribution in [1.29, 1.82) is 0 Å². The number of ether oxygens (including phenoxy) is 1. The van der Waals surface area contributed by atoms with Crippen molar-refractivity contribution >= 4 is 22.8 Å². The van der Waals surface area contributed by atoms with E-state index in [0.29, 0.717) is 19.1 Å². The number of benzene rings is 2. The van der Waals surface area contributed by atoms with E-state index >= 15 is 0 Å². The molecule has 4 heteroatoms. The molecule has 0 atom stereocenters. The summed E-state index contributed by atoms with van der Waals surface area (Å²) < 4.78 is 5.91. The SMILES string of the molecule is CC(C)COc1ccc(/C=C2\CNNC2=O)c2ccccc12. The molecule has 1 saturated heterocycles. The van der Waals surface area contributed by atoms with Gasteiger partial charge in [0.15, 0.2) is 0 Å². The van der Waals surface area contributed by atoms with Crippen LogP contribution in [0.2, 0.25) is 0 Å². The highest BCUT2D eigenvalue weighted by Gasteiger charge is 2.16. The highest BCUT2D eigenvalue weighted by Crippen LogP contribution is 2.30. The zero-order valence-corrected chi connectivity index (χ0v) is 12.8. The van der Waals surface area contributed by atoms with Gasteiger partial charge in [-0.25, -0.2) is 5.43 Å². The van der Waals surface area contributed by atoms with Crippen LogP contribution in [0, 0.1) is 5.92 Å². The van der Waals surface area contributed by atoms with Crippen LogP contribution >= 0.6 is 0 Å². The van der Waals surface area contributed by atoms with Gasteiger partial charge in [0.2, 0.25) is 0 Å². The van der Waals surface area contributed by atoms with Crippen LogP contribution in [0.3, 0.4) is 0 Å². The predicted molar refractivity (Wildman–Crippen MR) is 88.4 cm³/mol. The smallest absolute Gasteiger partial charge is 0.262 e. The molecule has 0 radical (unpaired) electrons. The van der Waals surface area contributed by atoms with Crippen molar-refractivity contribution < 1.29 is 9.53 Å². The first-order valence-corrected chi connectivity index (χ1v) is 7.53. The molecule has 1 aliphatic rings. The molecule has 114 valence electrons. The second-order valence-corrected chi connectivity index (χ2v) is 5.88. The first-order valence-electron chi connectivity index (χ1n) is 7.53. The molecular formula is C18H20N2O2. The molecular weight excluding hydrogens is 276 g/mol. The molecule has 3 rings (SSSR count). The van der Waals surface area contributed by atoms with Gasteiger partial charge in [0.1, 0.15) is 5.75 Å². The Labute approximate surface area is 130 Å². The Morgan fingerprint density at radius 3 is 2.64 bits per heavy atom. The van der Waals surface area contributed by atoms with Crippen molar-refractivity contribution in [3.63, 3.8) is 0 Å². The number of hydrazine groups is 1. The molecule has 1 amide bonds. The van der Waals surface area contributed by atoms with E-state index in [0.717, 1.165) is 27.7 Å². The normalized spacial score (nSPS) is 16.5. The van der Waals surface area contributed by atoms with E-state index in [1.54, 1.807) is 0 Å². The Hall–Kier alpha value is -2.33. The molecule has 0 bridgehead atoms. The molecule has 0 saturated carbocycles. The first kappa shape index (κ1) is 14.6. The molecule has 1 heterocycles. The topological polar surface area (TPSA) is 50.4 Å². The number of carbonyl (C=O) groups is 1. The lowest BCUT2D eigenvalue weighted by molar-refractivity contribution is -0.116. The second-order valence-electron chi connectivity index (χ2n) is 5.88. The van der Waals surface area contributed by atoms with E-state index in [9.17, 15) is 4.79 Å². The Bertz CT molecular complexity index is 735. The standard InChI is InChI=1S/C18H20N2O2/c1-12(2)11-22-17-8-7-13(9-14-10-19-20-18(14)21)15-5-3-4-6-16(15)17/h3-9,12,19H,10-11H2,1-2H3,(H,20,21)/b14-9+. The summed E-state index contributed by atoms with van der Waals surface area (Å²) in [5.74, 6) is 1.30. The van der Waals surface area contributed by atoms with Crippen LogP contribution in [-0.2, 0) is 4.79 Å². The lowest BCUT2D eigenvalue weighted by Crippen LogP contribution is -2.25. The lowest BCUT2D eigenvalue weighted by Gasteiger charge is -2.13. The minimum atomic E-state index is -0.0655. The molecule has 1 aliphatic heterocycles. The first-order chi connectivity index (χ1) is 10.6. The third kappa shape index (κ3) is 2.97. The Morgan fingerprint density at radius 1 is 1.18 bits per heavy atom. The Kier molecular flexibility index (Phi) is 4.11. The number of rotatable bonds is 4. The molecule has 0 aliphatic carbocycles. The van der Waals surface area contributed by atoms with Crippen LogP contribution in [-0.4, -0.2) is 19.1 Å². The average Bonchev–Trinajstić information content (AvgIpc) is 2.91. The summed E-state index contributed by atoms with van der Waals surface area (Å²) in [5, 5.41) is 2.17. The maximum absolute atomic E-state index is 11.7. The fraction of sp³-hybridized carbons (Fsp3) is 0.278. The van der Waals surface area contributed by atoms with Crippen molar-refractivity contribution in [2.24, 2.45) is 5.92 Å². The highest BCUT2D eigenvalue weighted by molar-refractivity contribution is 6.03. The molecule has 0 spiro atoms. The minimum Gasteiger partial charge on any atom is -0.493 e. The average molecular weight is 296 g/mol. The summed E-state index contributed by atoms with van der Waals surface area (Å²) in [5.41, 5.74) is 7.21. The van der Waals surface area contributed by atoms with Crippen molar-refractivity contribution in [1.82, 2.24) is 10.9 Å². The van der Waals surface area contributed by atoms with Gasteiger partial charge in [0, 0.05) is 17.5 Å². The molecule has 0 aromatic heterocycles. The van der Waals surface area contributed by atoms with Gasteiger partial charge in [-0.05, 0) is 29.0 Å². The van der Waals surface area contributed by atoms with Crippen LogP contribution in [0.5, 0.6) is 5.75 Å². The number of hydrogen-bond donors (Lipinski definition) is 2. The third-order valence-corrected chi connectivity index (χ3v) is 3.59. The summed E-state index contributed by atoms with van der Waals surface area (Å²) in [4.78, 5) is 11.7. The number of carbonyl (C=O) groups excluding carboxylic acids is 1. The molecule has 22 heavy (non-hydrogen) atoms. The van der Waals surface area contributed by atoms with Crippen molar-refractivity contribution in [2.45, 2.75) is 13.8 Å². The number of nitrogens with one attached hydrogen (secondary N) is 2. The van der Waals surface area contributed by atoms with Crippen molar-refractivity contribution in [3.05, 3.63) is 47.5 Å². The van der Waals surface area contributed by atoms with E-state index in [1.165, 1.54) is 0 Å². The Morgan fingerprint density at radius 2 is 1.95 bits per heavy atom. The molecule has 2 aromatic carbocycles. The third-order valence-electron chi connectivity index (χ3n) is 3.59. The molecule has 1 fully saturated rings. The van der Waals surface area contributed by atoms with Gasteiger partial charge in [-0.3, -0.25) is 10.2 Å². The van der Waals surface area contributed by atoms with E-state index in [1.807, 2.05) is 30.3 Å². The van der Waals surface area contributed by atoms with Crippen LogP contribution in [0.25, 0.3) is 16.8 Å². The van der Waals surface area contributed by atoms with Crippen LogP contribution in [0.15, 0.2) is 42.0 Å². The second kappa shape index (κ2) is 6.20. The fourth-order valence-corrected chi connectivity index (χ4v) is 2.49. The van der Waals surface area contributed by atoms with Gasteiger partial charge in [0.25, 0.3) is 5.91 Å². The van der Waals surface area contributed by atoms with Crippen LogP contribution in [0.1, 0.15) is 19.4 Å². The van der Waals surface area contributed by atoms with E-state index in [4.69, 9.17) is 4.74 Å². The monoisotopic (exact) mass is 296 g/mol. The van der Waals surface area contributed by atoms with E-state index < -0.39 is 0 Å². The summed E-state index contributed by atoms with van der Waals surface area (Å²) in [6, 6.07) is 12.1. The molecule has 2 N–H and O–H groups in total. The predicted octanol–water partition coefficient (Wildman–Crippen LogP) is 2.89. The molecule has 0 unspecified atom stereocenters. The van der Waals surface area contributed by atoms with Gasteiger partial charge < -0.3 is 4.74 Å². The van der Waals surface area contributed by atoms with Gasteiger partial charge in [-0.1, -0.05) is 44.2 Å². The summed E-state index contributed by atoms with van der Waals surface area (Å²) >= 11 is 0. The summed E-state index contributed by atoms with van der Waals surface area (Å²) in [6.07, 6.45) is 1.93. The van der Waals surface area contributed by atoms with E-state index in [2.05, 4.69) is 36.8 Å². The Balaban J connectivity index is 2.02. The zero-order valence-electron chi connectivity index (χ0n) is 12.8. The summed E-state index contributed by atoms with van der Waals surface area (Å²) in [6.45, 7) is 5.49. The highest BCUT2D eigenvalue weighted by atomic mass is 16.5. The zero-order chi connectivity index (χ0) is 15.5. The van der Waals surface area contributed by atoms with Crippen molar-refractivity contribution in [3.8, 4) is 5.75 Å². The van der Waals surface area contributed by atoms with Crippen LogP contribution in [0.4, 0.5) is 0 Å². The number of hydrogen-bond acceptors (Lipinski definition) is 3. The largest absolute Gasteiger partial charge is 0.493 e. The number of amides is 1.